The first-order valence-corrected chi connectivity index (χ1v) is 8.45. The van der Waals surface area contributed by atoms with E-state index >= 15 is 0 Å². The van der Waals surface area contributed by atoms with E-state index in [4.69, 9.17) is 4.74 Å². The molecule has 2 amide bonds. The number of halogens is 3. The summed E-state index contributed by atoms with van der Waals surface area (Å²) >= 11 is 0. The molecule has 1 saturated heterocycles. The standard InChI is InChI=1S/C16H23F3N2O3/c1-24-8-12(22)20-11-6-21(7-11)15(23)13-9-2-4-10(5-3-9)14(13)16(17,18)19/h9-11,13-14H,2-8H2,1H3,(H,20,22)/t9?,10?,13-,14-/m0/s1. The Morgan fingerprint density at radius 3 is 2.25 bits per heavy atom. The largest absolute Gasteiger partial charge is 0.392 e. The lowest BCUT2D eigenvalue weighted by Crippen LogP contribution is -2.64. The number of hydrogen-bond donors (Lipinski definition) is 1. The van der Waals surface area contributed by atoms with Gasteiger partial charge in [0.25, 0.3) is 0 Å². The Kier molecular flexibility index (Phi) is 4.77. The highest BCUT2D eigenvalue weighted by Gasteiger charge is 2.59. The minimum absolute atomic E-state index is 0.0625. The maximum atomic E-state index is 13.5. The van der Waals surface area contributed by atoms with Crippen molar-refractivity contribution in [2.45, 2.75) is 37.9 Å². The molecule has 0 spiro atoms. The highest BCUT2D eigenvalue weighted by atomic mass is 19.4. The molecule has 1 N–H and O–H groups in total. The molecule has 0 aromatic heterocycles. The van der Waals surface area contributed by atoms with Crippen molar-refractivity contribution in [1.29, 1.82) is 0 Å². The van der Waals surface area contributed by atoms with Gasteiger partial charge in [-0.1, -0.05) is 0 Å². The molecule has 5 nitrogen and oxygen atoms in total. The number of nitrogens with one attached hydrogen (secondary N) is 1. The minimum Gasteiger partial charge on any atom is -0.375 e. The second-order valence-corrected chi connectivity index (χ2v) is 7.21. The van der Waals surface area contributed by atoms with E-state index in [-0.39, 0.29) is 43.5 Å². The van der Waals surface area contributed by atoms with Crippen LogP contribution in [0.4, 0.5) is 13.2 Å². The van der Waals surface area contributed by atoms with Crippen molar-refractivity contribution in [3.63, 3.8) is 0 Å². The summed E-state index contributed by atoms with van der Waals surface area (Å²) < 4.78 is 45.2. The molecule has 3 aliphatic carbocycles. The van der Waals surface area contributed by atoms with E-state index in [1.807, 2.05) is 0 Å². The lowest BCUT2D eigenvalue weighted by atomic mass is 9.58. The molecule has 0 aromatic carbocycles. The van der Waals surface area contributed by atoms with Gasteiger partial charge < -0.3 is 15.0 Å². The first-order chi connectivity index (χ1) is 11.3. The quantitative estimate of drug-likeness (QED) is 0.839. The minimum atomic E-state index is -4.32. The number of alkyl halides is 3. The number of nitrogens with zero attached hydrogens (tertiary/aromatic N) is 1. The van der Waals surface area contributed by atoms with Gasteiger partial charge in [0.2, 0.25) is 11.8 Å². The molecule has 2 atom stereocenters. The van der Waals surface area contributed by atoms with E-state index < -0.39 is 23.9 Å². The van der Waals surface area contributed by atoms with E-state index in [1.54, 1.807) is 0 Å². The Labute approximate surface area is 138 Å². The molecule has 1 aliphatic heterocycles. The molecule has 136 valence electrons. The fourth-order valence-electron chi connectivity index (χ4n) is 4.64. The van der Waals surface area contributed by atoms with Gasteiger partial charge in [-0.3, -0.25) is 9.59 Å². The Hall–Kier alpha value is -1.31. The van der Waals surface area contributed by atoms with Crippen LogP contribution in [-0.4, -0.2) is 55.7 Å². The molecule has 4 fully saturated rings. The number of amides is 2. The molecule has 0 radical (unpaired) electrons. The van der Waals surface area contributed by atoms with Gasteiger partial charge in [0.05, 0.1) is 17.9 Å². The number of hydrogen-bond acceptors (Lipinski definition) is 3. The van der Waals surface area contributed by atoms with Crippen LogP contribution in [-0.2, 0) is 14.3 Å². The van der Waals surface area contributed by atoms with Crippen LogP contribution in [0.15, 0.2) is 0 Å². The average molecular weight is 348 g/mol. The summed E-state index contributed by atoms with van der Waals surface area (Å²) in [7, 11) is 1.41. The monoisotopic (exact) mass is 348 g/mol. The first kappa shape index (κ1) is 17.5. The zero-order chi connectivity index (χ0) is 17.5. The molecule has 4 rings (SSSR count). The van der Waals surface area contributed by atoms with E-state index in [1.165, 1.54) is 12.0 Å². The zero-order valence-corrected chi connectivity index (χ0v) is 13.6. The molecule has 0 aromatic rings. The molecule has 4 aliphatic rings. The molecule has 8 heteroatoms. The van der Waals surface area contributed by atoms with Gasteiger partial charge in [0.15, 0.2) is 0 Å². The summed E-state index contributed by atoms with van der Waals surface area (Å²) in [6.45, 7) is 0.506. The number of carbonyl (C=O) groups is 2. The number of carbonyl (C=O) groups excluding carboxylic acids is 2. The highest BCUT2D eigenvalue weighted by molar-refractivity contribution is 5.82. The second kappa shape index (κ2) is 6.54. The molecule has 24 heavy (non-hydrogen) atoms. The SMILES string of the molecule is COCC(=O)NC1CN(C(=O)[C@H]2C3CCC(CC3)[C@@H]2C(F)(F)F)C1. The predicted molar refractivity (Wildman–Crippen MR) is 78.9 cm³/mol. The smallest absolute Gasteiger partial charge is 0.375 e. The first-order valence-electron chi connectivity index (χ1n) is 8.45. The number of ether oxygens (including phenoxy) is 1. The van der Waals surface area contributed by atoms with Crippen LogP contribution in [0.25, 0.3) is 0 Å². The lowest BCUT2D eigenvalue weighted by Gasteiger charge is -2.51. The van der Waals surface area contributed by atoms with Crippen LogP contribution >= 0.6 is 0 Å². The number of rotatable bonds is 4. The van der Waals surface area contributed by atoms with Crippen LogP contribution in [0.5, 0.6) is 0 Å². The van der Waals surface area contributed by atoms with Crippen LogP contribution < -0.4 is 5.32 Å². The van der Waals surface area contributed by atoms with Crippen molar-refractivity contribution in [3.05, 3.63) is 0 Å². The summed E-state index contributed by atoms with van der Waals surface area (Å²) in [4.78, 5) is 25.6. The van der Waals surface area contributed by atoms with E-state index in [0.717, 1.165) is 12.8 Å². The fraction of sp³-hybridized carbons (Fsp3) is 0.875. The van der Waals surface area contributed by atoms with Gasteiger partial charge in [-0.25, -0.2) is 0 Å². The summed E-state index contributed by atoms with van der Waals surface area (Å²) in [5.41, 5.74) is 0. The summed E-state index contributed by atoms with van der Waals surface area (Å²) in [5, 5.41) is 2.70. The molecule has 1 heterocycles. The number of fused-ring (bicyclic) bond motifs is 3. The summed E-state index contributed by atoms with van der Waals surface area (Å²) in [5.74, 6) is -3.67. The predicted octanol–water partition coefficient (Wildman–Crippen LogP) is 1.57. The third-order valence-electron chi connectivity index (χ3n) is 5.72. The topological polar surface area (TPSA) is 58.6 Å². The second-order valence-electron chi connectivity index (χ2n) is 7.21. The van der Waals surface area contributed by atoms with Gasteiger partial charge in [0, 0.05) is 20.2 Å². The van der Waals surface area contributed by atoms with Crippen molar-refractivity contribution >= 4 is 11.8 Å². The van der Waals surface area contributed by atoms with Gasteiger partial charge >= 0.3 is 6.18 Å². The van der Waals surface area contributed by atoms with E-state index in [2.05, 4.69) is 5.32 Å². The van der Waals surface area contributed by atoms with E-state index in [9.17, 15) is 22.8 Å². The lowest BCUT2D eigenvalue weighted by molar-refractivity contribution is -0.232. The number of likely N-dealkylation sites (tertiary alicyclic amines) is 1. The average Bonchev–Trinajstić information content (AvgIpc) is 2.49. The third kappa shape index (κ3) is 3.25. The summed E-state index contributed by atoms with van der Waals surface area (Å²) in [6, 6.07) is -0.193. The normalized spacial score (nSPS) is 33.2. The van der Waals surface area contributed by atoms with Crippen LogP contribution in [0.2, 0.25) is 0 Å². The van der Waals surface area contributed by atoms with Crippen molar-refractivity contribution in [2.75, 3.05) is 26.8 Å². The van der Waals surface area contributed by atoms with Gasteiger partial charge in [0.1, 0.15) is 6.61 Å². The zero-order valence-electron chi connectivity index (χ0n) is 13.6. The molecular formula is C16H23F3N2O3. The van der Waals surface area contributed by atoms with Crippen molar-refractivity contribution in [3.8, 4) is 0 Å². The molecular weight excluding hydrogens is 325 g/mol. The third-order valence-corrected chi connectivity index (χ3v) is 5.72. The maximum Gasteiger partial charge on any atom is 0.392 e. The van der Waals surface area contributed by atoms with Gasteiger partial charge in [-0.2, -0.15) is 13.2 Å². The van der Waals surface area contributed by atoms with Crippen LogP contribution in [0.1, 0.15) is 25.7 Å². The van der Waals surface area contributed by atoms with Gasteiger partial charge in [-0.05, 0) is 37.5 Å². The van der Waals surface area contributed by atoms with Crippen molar-refractivity contribution < 1.29 is 27.5 Å². The van der Waals surface area contributed by atoms with Crippen molar-refractivity contribution in [2.24, 2.45) is 23.7 Å². The van der Waals surface area contributed by atoms with Gasteiger partial charge in [-0.15, -0.1) is 0 Å². The molecule has 0 unspecified atom stereocenters. The molecule has 3 saturated carbocycles. The maximum absolute atomic E-state index is 13.5. The van der Waals surface area contributed by atoms with Crippen molar-refractivity contribution in [1.82, 2.24) is 10.2 Å². The van der Waals surface area contributed by atoms with Crippen LogP contribution in [0, 0.1) is 23.7 Å². The Morgan fingerprint density at radius 1 is 1.12 bits per heavy atom. The summed E-state index contributed by atoms with van der Waals surface area (Å²) in [6.07, 6.45) is -1.73. The Balaban J connectivity index is 1.61. The number of methoxy groups -OCH3 is 1. The Morgan fingerprint density at radius 2 is 1.71 bits per heavy atom. The highest BCUT2D eigenvalue weighted by Crippen LogP contribution is 2.55. The van der Waals surface area contributed by atoms with Crippen LogP contribution in [0.3, 0.4) is 0 Å². The van der Waals surface area contributed by atoms with E-state index in [0.29, 0.717) is 12.8 Å². The Bertz CT molecular complexity index is 497. The molecule has 2 bridgehead atoms. The fourth-order valence-corrected chi connectivity index (χ4v) is 4.64.